The highest BCUT2D eigenvalue weighted by molar-refractivity contribution is 7.08. The standard InChI is InChI=1S/C15H15N5OS/c1-2-12-14(22-19-18-12)15(21)16-10-11-6-3-4-7-13(11)20-9-5-8-17-20/h3-9H,2,10H2,1H3,(H,16,21). The molecule has 0 unspecified atom stereocenters. The highest BCUT2D eigenvalue weighted by atomic mass is 32.1. The molecule has 1 N–H and O–H groups in total. The lowest BCUT2D eigenvalue weighted by atomic mass is 10.1. The Morgan fingerprint density at radius 1 is 1.32 bits per heavy atom. The molecule has 7 heteroatoms. The Hall–Kier alpha value is -2.54. The predicted octanol–water partition coefficient (Wildman–Crippen LogP) is 2.22. The molecule has 0 spiro atoms. The van der Waals surface area contributed by atoms with Crippen molar-refractivity contribution in [2.45, 2.75) is 19.9 Å². The molecule has 0 saturated carbocycles. The number of aryl methyl sites for hydroxylation is 1. The lowest BCUT2D eigenvalue weighted by Crippen LogP contribution is -2.23. The number of carbonyl (C=O) groups is 1. The summed E-state index contributed by atoms with van der Waals surface area (Å²) in [5.74, 6) is -0.137. The van der Waals surface area contributed by atoms with Crippen LogP contribution < -0.4 is 5.32 Å². The van der Waals surface area contributed by atoms with Gasteiger partial charge in [0.1, 0.15) is 4.88 Å². The van der Waals surface area contributed by atoms with Gasteiger partial charge in [-0.05, 0) is 35.6 Å². The smallest absolute Gasteiger partial charge is 0.265 e. The molecule has 1 amide bonds. The Kier molecular flexibility index (Phi) is 4.24. The summed E-state index contributed by atoms with van der Waals surface area (Å²) in [6.45, 7) is 2.39. The van der Waals surface area contributed by atoms with Crippen molar-refractivity contribution in [3.63, 3.8) is 0 Å². The number of benzene rings is 1. The first-order valence-corrected chi connectivity index (χ1v) is 7.74. The normalized spacial score (nSPS) is 10.6. The fraction of sp³-hybridized carbons (Fsp3) is 0.200. The van der Waals surface area contributed by atoms with E-state index in [0.29, 0.717) is 17.8 Å². The van der Waals surface area contributed by atoms with E-state index in [1.807, 2.05) is 43.5 Å². The molecule has 0 aliphatic heterocycles. The third kappa shape index (κ3) is 2.89. The van der Waals surface area contributed by atoms with Crippen LogP contribution in [0.4, 0.5) is 0 Å². The molecule has 0 saturated heterocycles. The SMILES string of the molecule is CCc1nnsc1C(=O)NCc1ccccc1-n1cccn1. The fourth-order valence-electron chi connectivity index (χ4n) is 2.16. The Bertz CT molecular complexity index is 766. The summed E-state index contributed by atoms with van der Waals surface area (Å²) in [4.78, 5) is 12.8. The van der Waals surface area contributed by atoms with Gasteiger partial charge in [0.15, 0.2) is 0 Å². The number of hydrogen-bond donors (Lipinski definition) is 1. The van der Waals surface area contributed by atoms with Gasteiger partial charge in [0, 0.05) is 18.9 Å². The van der Waals surface area contributed by atoms with Crippen LogP contribution in [-0.4, -0.2) is 25.3 Å². The molecule has 0 aliphatic carbocycles. The number of para-hydroxylation sites is 1. The highest BCUT2D eigenvalue weighted by Gasteiger charge is 2.15. The average Bonchev–Trinajstić information content (AvgIpc) is 3.23. The molecule has 2 aromatic heterocycles. The zero-order valence-corrected chi connectivity index (χ0v) is 12.9. The van der Waals surface area contributed by atoms with Crippen molar-refractivity contribution in [1.29, 1.82) is 0 Å². The van der Waals surface area contributed by atoms with E-state index in [-0.39, 0.29) is 5.91 Å². The quantitative estimate of drug-likeness (QED) is 0.784. The summed E-state index contributed by atoms with van der Waals surface area (Å²) in [5.41, 5.74) is 2.68. The van der Waals surface area contributed by atoms with Crippen LogP contribution in [0.25, 0.3) is 5.69 Å². The second kappa shape index (κ2) is 6.48. The van der Waals surface area contributed by atoms with Crippen molar-refractivity contribution in [2.75, 3.05) is 0 Å². The number of carbonyl (C=O) groups excluding carboxylic acids is 1. The van der Waals surface area contributed by atoms with Gasteiger partial charge in [0.25, 0.3) is 5.91 Å². The molecular weight excluding hydrogens is 298 g/mol. The average molecular weight is 313 g/mol. The molecule has 0 bridgehead atoms. The zero-order chi connectivity index (χ0) is 15.4. The first-order chi connectivity index (χ1) is 10.8. The van der Waals surface area contributed by atoms with Crippen molar-refractivity contribution < 1.29 is 4.79 Å². The Labute approximate surface area is 132 Å². The number of amides is 1. The third-order valence-corrected chi connectivity index (χ3v) is 4.05. The largest absolute Gasteiger partial charge is 0.347 e. The van der Waals surface area contributed by atoms with E-state index in [1.54, 1.807) is 10.9 Å². The van der Waals surface area contributed by atoms with Gasteiger partial charge in [-0.2, -0.15) is 5.10 Å². The molecule has 112 valence electrons. The second-order valence-electron chi connectivity index (χ2n) is 4.66. The predicted molar refractivity (Wildman–Crippen MR) is 84.0 cm³/mol. The molecule has 3 aromatic rings. The molecule has 6 nitrogen and oxygen atoms in total. The van der Waals surface area contributed by atoms with Crippen LogP contribution in [-0.2, 0) is 13.0 Å². The zero-order valence-electron chi connectivity index (χ0n) is 12.1. The maximum absolute atomic E-state index is 12.3. The van der Waals surface area contributed by atoms with Crippen molar-refractivity contribution in [3.8, 4) is 5.69 Å². The number of nitrogens with one attached hydrogen (secondary N) is 1. The Balaban J connectivity index is 1.76. The van der Waals surface area contributed by atoms with Crippen LogP contribution in [0.5, 0.6) is 0 Å². The molecule has 1 aromatic carbocycles. The summed E-state index contributed by atoms with van der Waals surface area (Å²) in [6, 6.07) is 9.71. The molecule has 0 atom stereocenters. The minimum atomic E-state index is -0.137. The number of nitrogens with zero attached hydrogens (tertiary/aromatic N) is 4. The van der Waals surface area contributed by atoms with Crippen LogP contribution in [0.15, 0.2) is 42.7 Å². The first kappa shape index (κ1) is 14.4. The van der Waals surface area contributed by atoms with Gasteiger partial charge >= 0.3 is 0 Å². The molecule has 22 heavy (non-hydrogen) atoms. The molecular formula is C15H15N5OS. The van der Waals surface area contributed by atoms with Crippen molar-refractivity contribution in [2.24, 2.45) is 0 Å². The third-order valence-electron chi connectivity index (χ3n) is 3.28. The van der Waals surface area contributed by atoms with Gasteiger partial charge < -0.3 is 5.32 Å². The summed E-state index contributed by atoms with van der Waals surface area (Å²) in [7, 11) is 0. The second-order valence-corrected chi connectivity index (χ2v) is 5.42. The van der Waals surface area contributed by atoms with Gasteiger partial charge in [-0.15, -0.1) is 5.10 Å². The highest BCUT2D eigenvalue weighted by Crippen LogP contribution is 2.15. The van der Waals surface area contributed by atoms with Crippen LogP contribution >= 0.6 is 11.5 Å². The van der Waals surface area contributed by atoms with Gasteiger partial charge in [0.2, 0.25) is 0 Å². The Morgan fingerprint density at radius 2 is 2.18 bits per heavy atom. The van der Waals surface area contributed by atoms with E-state index >= 15 is 0 Å². The molecule has 0 fully saturated rings. The molecule has 2 heterocycles. The van der Waals surface area contributed by atoms with Crippen molar-refractivity contribution >= 4 is 17.4 Å². The number of aromatic nitrogens is 4. The lowest BCUT2D eigenvalue weighted by molar-refractivity contribution is 0.0954. The van der Waals surface area contributed by atoms with Crippen LogP contribution in [0.2, 0.25) is 0 Å². The molecule has 0 aliphatic rings. The van der Waals surface area contributed by atoms with Crippen LogP contribution in [0.1, 0.15) is 27.9 Å². The van der Waals surface area contributed by atoms with E-state index in [9.17, 15) is 4.79 Å². The summed E-state index contributed by atoms with van der Waals surface area (Å²) in [6.07, 6.45) is 4.30. The van der Waals surface area contributed by atoms with E-state index in [1.165, 1.54) is 0 Å². The van der Waals surface area contributed by atoms with Gasteiger partial charge in [-0.25, -0.2) is 4.68 Å². The number of hydrogen-bond acceptors (Lipinski definition) is 5. The fourth-order valence-corrected chi connectivity index (χ4v) is 2.83. The van der Waals surface area contributed by atoms with Crippen LogP contribution in [0.3, 0.4) is 0 Å². The van der Waals surface area contributed by atoms with Crippen molar-refractivity contribution in [3.05, 3.63) is 58.9 Å². The monoisotopic (exact) mass is 313 g/mol. The van der Waals surface area contributed by atoms with Crippen LogP contribution in [0, 0.1) is 0 Å². The number of rotatable bonds is 5. The lowest BCUT2D eigenvalue weighted by Gasteiger charge is -2.10. The summed E-state index contributed by atoms with van der Waals surface area (Å²) in [5, 5.41) is 11.1. The van der Waals surface area contributed by atoms with Crippen molar-refractivity contribution in [1.82, 2.24) is 24.7 Å². The van der Waals surface area contributed by atoms with Gasteiger partial charge in [0.05, 0.1) is 11.4 Å². The minimum absolute atomic E-state index is 0.137. The molecule has 3 rings (SSSR count). The summed E-state index contributed by atoms with van der Waals surface area (Å²) >= 11 is 1.13. The van der Waals surface area contributed by atoms with E-state index < -0.39 is 0 Å². The summed E-state index contributed by atoms with van der Waals surface area (Å²) < 4.78 is 5.63. The maximum atomic E-state index is 12.3. The minimum Gasteiger partial charge on any atom is -0.347 e. The van der Waals surface area contributed by atoms with Gasteiger partial charge in [-0.1, -0.05) is 29.6 Å². The first-order valence-electron chi connectivity index (χ1n) is 6.97. The molecule has 0 radical (unpaired) electrons. The maximum Gasteiger partial charge on any atom is 0.265 e. The van der Waals surface area contributed by atoms with Gasteiger partial charge in [-0.3, -0.25) is 4.79 Å². The Morgan fingerprint density at radius 3 is 2.95 bits per heavy atom. The van der Waals surface area contributed by atoms with E-state index in [4.69, 9.17) is 0 Å². The van der Waals surface area contributed by atoms with E-state index in [2.05, 4.69) is 20.0 Å². The van der Waals surface area contributed by atoms with E-state index in [0.717, 1.165) is 28.5 Å². The topological polar surface area (TPSA) is 72.7 Å².